The van der Waals surface area contributed by atoms with Crippen molar-refractivity contribution in [3.8, 4) is 0 Å². The molecule has 1 atom stereocenters. The smallest absolute Gasteiger partial charge is 0.255 e. The lowest BCUT2D eigenvalue weighted by Gasteiger charge is -2.34. The van der Waals surface area contributed by atoms with E-state index >= 15 is 0 Å². The van der Waals surface area contributed by atoms with Gasteiger partial charge in [0, 0.05) is 19.2 Å². The number of hydrogen-bond donors (Lipinski definition) is 1. The van der Waals surface area contributed by atoms with Crippen LogP contribution >= 0.6 is 0 Å². The van der Waals surface area contributed by atoms with Crippen LogP contribution in [0.1, 0.15) is 36.2 Å². The Labute approximate surface area is 107 Å². The Morgan fingerprint density at radius 3 is 2.67 bits per heavy atom. The van der Waals surface area contributed by atoms with Crippen LogP contribution in [0.15, 0.2) is 24.3 Å². The summed E-state index contributed by atoms with van der Waals surface area (Å²) in [5, 5.41) is 2.66. The fraction of sp³-hybridized carbons (Fsp3) is 0.429. The van der Waals surface area contributed by atoms with Crippen molar-refractivity contribution < 1.29 is 9.59 Å². The van der Waals surface area contributed by atoms with E-state index in [1.54, 1.807) is 18.0 Å². The minimum absolute atomic E-state index is 0.0569. The van der Waals surface area contributed by atoms with Gasteiger partial charge in [-0.1, -0.05) is 25.1 Å². The van der Waals surface area contributed by atoms with Crippen LogP contribution in [-0.4, -0.2) is 30.3 Å². The summed E-state index contributed by atoms with van der Waals surface area (Å²) in [5.41, 5.74) is 0.540. The maximum Gasteiger partial charge on any atom is 0.255 e. The van der Waals surface area contributed by atoms with Crippen LogP contribution in [-0.2, 0) is 10.3 Å². The normalized spacial score (nSPS) is 21.9. The maximum absolute atomic E-state index is 12.4. The standard InChI is InChI=1S/C14H18N2O2/c1-4-9-16-12(17)10-7-5-6-8-11(10)14(16,2)13(18)15-3/h5-8H,4,9H2,1-3H3,(H,15,18). The quantitative estimate of drug-likeness (QED) is 0.879. The zero-order chi connectivity index (χ0) is 13.3. The third kappa shape index (κ3) is 1.52. The fourth-order valence-corrected chi connectivity index (χ4v) is 2.63. The molecule has 1 aliphatic heterocycles. The third-order valence-electron chi connectivity index (χ3n) is 3.58. The topological polar surface area (TPSA) is 49.4 Å². The molecule has 96 valence electrons. The first-order valence-electron chi connectivity index (χ1n) is 6.21. The first-order valence-corrected chi connectivity index (χ1v) is 6.21. The van der Waals surface area contributed by atoms with Crippen molar-refractivity contribution in [2.75, 3.05) is 13.6 Å². The second kappa shape index (κ2) is 4.44. The van der Waals surface area contributed by atoms with Gasteiger partial charge in [0.1, 0.15) is 5.54 Å². The highest BCUT2D eigenvalue weighted by Gasteiger charge is 2.50. The number of nitrogens with one attached hydrogen (secondary N) is 1. The molecule has 0 saturated heterocycles. The number of amides is 2. The molecule has 2 amide bonds. The molecule has 0 bridgehead atoms. The highest BCUT2D eigenvalue weighted by atomic mass is 16.2. The zero-order valence-corrected chi connectivity index (χ0v) is 11.0. The van der Waals surface area contributed by atoms with Gasteiger partial charge in [-0.05, 0) is 25.0 Å². The number of carbonyl (C=O) groups is 2. The molecule has 1 N–H and O–H groups in total. The largest absolute Gasteiger partial charge is 0.357 e. The molecule has 2 rings (SSSR count). The van der Waals surface area contributed by atoms with Gasteiger partial charge in [-0.3, -0.25) is 9.59 Å². The Hall–Kier alpha value is -1.84. The van der Waals surface area contributed by atoms with Gasteiger partial charge in [-0.25, -0.2) is 0 Å². The zero-order valence-electron chi connectivity index (χ0n) is 11.0. The van der Waals surface area contributed by atoms with E-state index < -0.39 is 5.54 Å². The number of fused-ring (bicyclic) bond motifs is 1. The van der Waals surface area contributed by atoms with Crippen LogP contribution in [0.5, 0.6) is 0 Å². The Bertz CT molecular complexity index is 498. The molecular formula is C14H18N2O2. The second-order valence-corrected chi connectivity index (χ2v) is 4.65. The van der Waals surface area contributed by atoms with Crippen molar-refractivity contribution in [1.29, 1.82) is 0 Å². The predicted octanol–water partition coefficient (Wildman–Crippen LogP) is 1.51. The number of nitrogens with zero attached hydrogens (tertiary/aromatic N) is 1. The summed E-state index contributed by atoms with van der Waals surface area (Å²) in [7, 11) is 1.60. The average Bonchev–Trinajstić information content (AvgIpc) is 2.62. The predicted molar refractivity (Wildman–Crippen MR) is 69.2 cm³/mol. The van der Waals surface area contributed by atoms with Crippen LogP contribution in [0, 0.1) is 0 Å². The molecular weight excluding hydrogens is 228 g/mol. The first kappa shape index (κ1) is 12.6. The molecule has 1 aromatic carbocycles. The van der Waals surface area contributed by atoms with E-state index in [9.17, 15) is 9.59 Å². The monoisotopic (exact) mass is 246 g/mol. The van der Waals surface area contributed by atoms with Crippen molar-refractivity contribution in [2.24, 2.45) is 0 Å². The summed E-state index contributed by atoms with van der Waals surface area (Å²) in [6.45, 7) is 4.39. The van der Waals surface area contributed by atoms with Gasteiger partial charge < -0.3 is 10.2 Å². The highest BCUT2D eigenvalue weighted by Crippen LogP contribution is 2.39. The number of benzene rings is 1. The number of carbonyl (C=O) groups excluding carboxylic acids is 2. The summed E-state index contributed by atoms with van der Waals surface area (Å²) in [6.07, 6.45) is 0.826. The van der Waals surface area contributed by atoms with Gasteiger partial charge in [0.05, 0.1) is 0 Å². The number of hydrogen-bond acceptors (Lipinski definition) is 2. The number of rotatable bonds is 3. The van der Waals surface area contributed by atoms with Crippen LogP contribution in [0.2, 0.25) is 0 Å². The summed E-state index contributed by atoms with van der Waals surface area (Å²) in [5.74, 6) is -0.201. The van der Waals surface area contributed by atoms with Crippen LogP contribution in [0.25, 0.3) is 0 Å². The van der Waals surface area contributed by atoms with Crippen molar-refractivity contribution in [2.45, 2.75) is 25.8 Å². The molecule has 0 radical (unpaired) electrons. The van der Waals surface area contributed by atoms with Crippen LogP contribution in [0.4, 0.5) is 0 Å². The summed E-state index contributed by atoms with van der Waals surface area (Å²) in [4.78, 5) is 26.3. The van der Waals surface area contributed by atoms with E-state index in [-0.39, 0.29) is 11.8 Å². The van der Waals surface area contributed by atoms with Gasteiger partial charge in [-0.15, -0.1) is 0 Å². The molecule has 18 heavy (non-hydrogen) atoms. The molecule has 0 aliphatic carbocycles. The van der Waals surface area contributed by atoms with Crippen molar-refractivity contribution in [1.82, 2.24) is 10.2 Å². The van der Waals surface area contributed by atoms with E-state index in [2.05, 4.69) is 5.32 Å². The molecule has 0 spiro atoms. The minimum Gasteiger partial charge on any atom is -0.357 e. The molecule has 4 nitrogen and oxygen atoms in total. The van der Waals surface area contributed by atoms with Gasteiger partial charge in [-0.2, -0.15) is 0 Å². The van der Waals surface area contributed by atoms with Crippen molar-refractivity contribution in [3.05, 3.63) is 35.4 Å². The van der Waals surface area contributed by atoms with E-state index in [0.717, 1.165) is 12.0 Å². The maximum atomic E-state index is 12.4. The van der Waals surface area contributed by atoms with E-state index in [1.165, 1.54) is 0 Å². The molecule has 0 saturated carbocycles. The Morgan fingerprint density at radius 2 is 2.06 bits per heavy atom. The molecule has 0 aromatic heterocycles. The molecule has 0 fully saturated rings. The van der Waals surface area contributed by atoms with Crippen LogP contribution in [0.3, 0.4) is 0 Å². The van der Waals surface area contributed by atoms with E-state index in [1.807, 2.05) is 32.0 Å². The average molecular weight is 246 g/mol. The fourth-order valence-electron chi connectivity index (χ4n) is 2.63. The Balaban J connectivity index is 2.59. The molecule has 1 unspecified atom stereocenters. The lowest BCUT2D eigenvalue weighted by Crippen LogP contribution is -2.52. The summed E-state index contributed by atoms with van der Waals surface area (Å²) in [6, 6.07) is 7.34. The Kier molecular flexibility index (Phi) is 3.11. The molecule has 1 aliphatic rings. The van der Waals surface area contributed by atoms with Crippen molar-refractivity contribution >= 4 is 11.8 Å². The van der Waals surface area contributed by atoms with E-state index in [4.69, 9.17) is 0 Å². The second-order valence-electron chi connectivity index (χ2n) is 4.65. The summed E-state index contributed by atoms with van der Waals surface area (Å²) >= 11 is 0. The highest BCUT2D eigenvalue weighted by molar-refractivity contribution is 6.06. The lowest BCUT2D eigenvalue weighted by atomic mass is 9.90. The Morgan fingerprint density at radius 1 is 1.39 bits per heavy atom. The van der Waals surface area contributed by atoms with E-state index in [0.29, 0.717) is 12.1 Å². The third-order valence-corrected chi connectivity index (χ3v) is 3.58. The first-order chi connectivity index (χ1) is 8.57. The molecule has 1 heterocycles. The molecule has 4 heteroatoms. The van der Waals surface area contributed by atoms with Crippen LogP contribution < -0.4 is 5.32 Å². The lowest BCUT2D eigenvalue weighted by molar-refractivity contribution is -0.130. The minimum atomic E-state index is -0.890. The van der Waals surface area contributed by atoms with Gasteiger partial charge in [0.15, 0.2) is 0 Å². The van der Waals surface area contributed by atoms with Gasteiger partial charge in [0.2, 0.25) is 5.91 Å². The van der Waals surface area contributed by atoms with Gasteiger partial charge in [0.25, 0.3) is 5.91 Å². The van der Waals surface area contributed by atoms with Crippen molar-refractivity contribution in [3.63, 3.8) is 0 Å². The molecule has 1 aromatic rings. The summed E-state index contributed by atoms with van der Waals surface area (Å²) < 4.78 is 0. The van der Waals surface area contributed by atoms with Gasteiger partial charge >= 0.3 is 0 Å². The SMILES string of the molecule is CCCN1C(=O)c2ccccc2C1(C)C(=O)NC. The number of likely N-dealkylation sites (N-methyl/N-ethyl adjacent to an activating group) is 1.